The summed E-state index contributed by atoms with van der Waals surface area (Å²) in [6.45, 7) is -6.50. The Morgan fingerprint density at radius 3 is 0.411 bits per heavy atom. The van der Waals surface area contributed by atoms with Gasteiger partial charge in [-0.1, -0.05) is 0 Å². The first kappa shape index (κ1) is 101. The first-order chi connectivity index (χ1) is 20.4. The van der Waals surface area contributed by atoms with Crippen molar-refractivity contribution in [1.82, 2.24) is 19.6 Å². The van der Waals surface area contributed by atoms with Crippen molar-refractivity contribution in [3.63, 3.8) is 0 Å². The molecule has 0 aliphatic carbocycles. The Morgan fingerprint density at radius 1 is 0.286 bits per heavy atom. The van der Waals surface area contributed by atoms with Crippen molar-refractivity contribution < 1.29 is 424 Å². The van der Waals surface area contributed by atoms with Crippen LogP contribution in [0.15, 0.2) is 0 Å². The van der Waals surface area contributed by atoms with Gasteiger partial charge in [0.25, 0.3) is 0 Å². The van der Waals surface area contributed by atoms with Crippen molar-refractivity contribution >= 4 is 55.6 Å². The molecule has 0 fully saturated rings. The molecule has 0 aromatic heterocycles. The molecule has 24 nitrogen and oxygen atoms in total. The van der Waals surface area contributed by atoms with Crippen LogP contribution in [0.25, 0.3) is 0 Å². The van der Waals surface area contributed by atoms with Crippen LogP contribution in [0.3, 0.4) is 0 Å². The van der Waals surface area contributed by atoms with E-state index in [2.05, 4.69) is 0 Å². The van der Waals surface area contributed by atoms with Gasteiger partial charge in [0.05, 0.1) is 47.8 Å². The quantitative estimate of drug-likeness (QED) is 0.0718. The van der Waals surface area contributed by atoms with Crippen LogP contribution in [-0.2, 0) is 42.9 Å². The normalized spacial score (nSPS) is 8.70. The van der Waals surface area contributed by atoms with Gasteiger partial charge in [-0.25, -0.2) is 0 Å². The van der Waals surface area contributed by atoms with E-state index in [0.717, 1.165) is 19.6 Å². The molecule has 0 atom stereocenters. The zero-order chi connectivity index (χ0) is 35.9. The summed E-state index contributed by atoms with van der Waals surface area (Å²) in [6, 6.07) is 0. The van der Waals surface area contributed by atoms with Crippen molar-refractivity contribution in [2.45, 2.75) is 0 Å². The Bertz CT molecular complexity index is 889. The molecule has 260 valence electrons. The molecule has 0 radical (unpaired) electrons. The number of phosphoric acid groups is 1. The van der Waals surface area contributed by atoms with Gasteiger partial charge < -0.3 is 98.5 Å². The standard InChI is InChI=1S/2C10H16N2O8.11Na.H3O4P/c2*13-7(14)3-11(4-8(15)16)1-2-12(5-9(17)18)6-10(19)20;;;;;;;;;;;;1-5(2,3)4/h2*1-6H2,(H,13,14)(H,15,16)(H,17,18)(H,19,20);;;;;;;;;;;;(H3,1,2,3,4)/q;;11*+1;/p-11. The Morgan fingerprint density at radius 2 is 0.357 bits per heavy atom. The van der Waals surface area contributed by atoms with Crippen LogP contribution in [0.1, 0.15) is 0 Å². The minimum Gasteiger partial charge on any atom is -0.822 e. The van der Waals surface area contributed by atoms with Crippen LogP contribution in [0.5, 0.6) is 0 Å². The number of carbonyl (C=O) groups excluding carboxylic acids is 8. The Hall–Kier alpha value is 6.71. The minimum atomic E-state index is -5.39. The number of rotatable bonds is 22. The SMILES string of the molecule is O=C([O-])CN(CCN(CC(=O)[O-])CC(=O)[O-])CC(=O)[O-].O=C([O-])CN(CCN(CC(=O)[O-])CC(=O)[O-])CC(=O)[O-].O=P([O-])([O-])[O-].[Na+].[Na+].[Na+].[Na+].[Na+].[Na+].[Na+].[Na+].[Na+].[Na+].[Na+]. The Kier molecular flexibility index (Phi) is 111. The average Bonchev–Trinajstić information content (AvgIpc) is 2.77. The van der Waals surface area contributed by atoms with E-state index in [4.69, 9.17) is 19.2 Å². The van der Waals surface area contributed by atoms with E-state index >= 15 is 0 Å². The molecule has 0 saturated carbocycles. The van der Waals surface area contributed by atoms with Crippen LogP contribution >= 0.6 is 7.82 Å². The summed E-state index contributed by atoms with van der Waals surface area (Å²) in [5.41, 5.74) is 0. The van der Waals surface area contributed by atoms with Gasteiger partial charge in [-0.15, -0.1) is 0 Å². The van der Waals surface area contributed by atoms with Gasteiger partial charge in [-0.05, 0) is 0 Å². The van der Waals surface area contributed by atoms with Crippen LogP contribution in [-0.4, -0.2) is 146 Å². The van der Waals surface area contributed by atoms with Crippen molar-refractivity contribution in [3.8, 4) is 0 Å². The predicted octanol–water partition coefficient (Wildman–Crippen LogP) is -50.6. The molecule has 56 heavy (non-hydrogen) atoms. The summed E-state index contributed by atoms with van der Waals surface area (Å²) in [5, 5.41) is 83.2. The topological polar surface area (TPSA) is 420 Å². The fourth-order valence-corrected chi connectivity index (χ4v) is 2.88. The number of carboxylic acids is 8. The number of carbonyl (C=O) groups is 8. The molecular formula is C20H24N4Na11O20P. The van der Waals surface area contributed by atoms with Crippen molar-refractivity contribution in [2.24, 2.45) is 0 Å². The first-order valence-corrected chi connectivity index (χ1v) is 13.1. The number of hydrogen-bond donors (Lipinski definition) is 0. The third-order valence-electron chi connectivity index (χ3n) is 4.29. The zero-order valence-corrected chi connectivity index (χ0v) is 56.8. The number of nitrogens with zero attached hydrogens (tertiary/aromatic N) is 4. The van der Waals surface area contributed by atoms with Gasteiger partial charge in [0.1, 0.15) is 0 Å². The summed E-state index contributed by atoms with van der Waals surface area (Å²) in [7, 11) is -5.39. The van der Waals surface area contributed by atoms with E-state index in [1.54, 1.807) is 0 Å². The van der Waals surface area contributed by atoms with Gasteiger partial charge in [0, 0.05) is 78.5 Å². The summed E-state index contributed by atoms with van der Waals surface area (Å²) in [4.78, 5) is 112. The van der Waals surface area contributed by atoms with Crippen LogP contribution in [0.2, 0.25) is 0 Å². The first-order valence-electron chi connectivity index (χ1n) is 11.6. The average molecular weight is 924 g/mol. The van der Waals surface area contributed by atoms with E-state index in [1.165, 1.54) is 0 Å². The molecule has 0 aliphatic heterocycles. The van der Waals surface area contributed by atoms with Gasteiger partial charge in [0.2, 0.25) is 0 Å². The molecule has 0 spiro atoms. The molecular weight excluding hydrogens is 900 g/mol. The van der Waals surface area contributed by atoms with Crippen molar-refractivity contribution in [2.75, 3.05) is 78.5 Å². The van der Waals surface area contributed by atoms with Gasteiger partial charge in [-0.2, -0.15) is 7.82 Å². The van der Waals surface area contributed by atoms with E-state index in [-0.39, 0.29) is 351 Å². The predicted molar refractivity (Wildman–Crippen MR) is 113 cm³/mol. The maximum Gasteiger partial charge on any atom is 1.00 e. The number of hydrogen-bond acceptors (Lipinski definition) is 24. The number of carboxylic acid groups (broad SMARTS) is 8. The zero-order valence-electron chi connectivity index (χ0n) is 33.9. The molecule has 0 saturated heterocycles. The van der Waals surface area contributed by atoms with Crippen LogP contribution in [0.4, 0.5) is 0 Å². The largest absolute Gasteiger partial charge is 1.00 e. The molecule has 0 N–H and O–H groups in total. The monoisotopic (exact) mass is 924 g/mol. The maximum atomic E-state index is 10.4. The minimum absolute atomic E-state index is 0. The molecule has 0 unspecified atom stereocenters. The molecule has 0 bridgehead atoms. The van der Waals surface area contributed by atoms with E-state index in [1.807, 2.05) is 0 Å². The fourth-order valence-electron chi connectivity index (χ4n) is 2.88. The van der Waals surface area contributed by atoms with E-state index in [9.17, 15) is 79.2 Å². The molecule has 0 aliphatic rings. The van der Waals surface area contributed by atoms with E-state index < -0.39 is 108 Å². The Balaban J connectivity index is -0.0000000397. The van der Waals surface area contributed by atoms with Gasteiger partial charge in [-0.3, -0.25) is 19.6 Å². The smallest absolute Gasteiger partial charge is 0.822 e. The van der Waals surface area contributed by atoms with E-state index in [0.29, 0.717) is 0 Å². The van der Waals surface area contributed by atoms with Crippen molar-refractivity contribution in [3.05, 3.63) is 0 Å². The summed E-state index contributed by atoms with van der Waals surface area (Å²) >= 11 is 0. The van der Waals surface area contributed by atoms with Crippen molar-refractivity contribution in [1.29, 1.82) is 0 Å². The molecule has 36 heteroatoms. The van der Waals surface area contributed by atoms with Crippen LogP contribution < -0.4 is 381 Å². The Labute approximate surface area is 565 Å². The summed E-state index contributed by atoms with van der Waals surface area (Å²) in [5.74, 6) is -12.2. The molecule has 0 amide bonds. The number of aliphatic carboxylic acids is 8. The fraction of sp³-hybridized carbons (Fsp3) is 0.600. The third-order valence-corrected chi connectivity index (χ3v) is 4.29. The molecule has 0 aromatic rings. The second kappa shape index (κ2) is 61.7. The maximum absolute atomic E-state index is 10.4. The van der Waals surface area contributed by atoms with Gasteiger partial charge in [0.15, 0.2) is 0 Å². The summed E-state index contributed by atoms with van der Waals surface area (Å²) in [6.07, 6.45) is 0. The van der Waals surface area contributed by atoms with Gasteiger partial charge >= 0.3 is 325 Å². The second-order valence-corrected chi connectivity index (χ2v) is 9.16. The summed E-state index contributed by atoms with van der Waals surface area (Å²) < 4.78 is 8.55. The second-order valence-electron chi connectivity index (χ2n) is 8.27. The molecule has 0 aromatic carbocycles. The van der Waals surface area contributed by atoms with Crippen LogP contribution in [0, 0.1) is 0 Å². The third kappa shape index (κ3) is 91.2. The molecule has 0 heterocycles. The molecule has 0 rings (SSSR count).